The Kier molecular flexibility index (Phi) is 8.94. The van der Waals surface area contributed by atoms with Crippen LogP contribution in [0.5, 0.6) is 5.75 Å². The summed E-state index contributed by atoms with van der Waals surface area (Å²) in [5.74, 6) is -0.381. The highest BCUT2D eigenvalue weighted by Crippen LogP contribution is 2.44. The minimum Gasteiger partial charge on any atom is -0.506 e. The van der Waals surface area contributed by atoms with Crippen LogP contribution in [0.2, 0.25) is 0 Å². The summed E-state index contributed by atoms with van der Waals surface area (Å²) >= 11 is 3.09. The number of nitrogens with zero attached hydrogens (tertiary/aromatic N) is 1. The fourth-order valence-electron chi connectivity index (χ4n) is 2.54. The fourth-order valence-corrected chi connectivity index (χ4v) is 2.88. The van der Waals surface area contributed by atoms with Crippen molar-refractivity contribution in [2.75, 3.05) is 26.2 Å². The summed E-state index contributed by atoms with van der Waals surface area (Å²) < 4.78 is 39.9. The molecule has 132 valence electrons. The van der Waals surface area contributed by atoms with Gasteiger partial charge in [-0.15, -0.1) is 31.4 Å². The zero-order valence-corrected chi connectivity index (χ0v) is 15.3. The van der Waals surface area contributed by atoms with Gasteiger partial charge in [-0.05, 0) is 28.1 Å². The summed E-state index contributed by atoms with van der Waals surface area (Å²) in [6.45, 7) is 6.23. The zero-order chi connectivity index (χ0) is 15.6. The molecular weight excluding hydrogens is 420 g/mol. The Hall–Kier alpha value is -0.470. The number of hydrogen-bond donors (Lipinski definition) is 2. The van der Waals surface area contributed by atoms with Crippen molar-refractivity contribution in [3.63, 3.8) is 0 Å². The third-order valence-corrected chi connectivity index (χ3v) is 4.18. The minimum absolute atomic E-state index is 0. The van der Waals surface area contributed by atoms with Gasteiger partial charge >= 0.3 is 6.18 Å². The van der Waals surface area contributed by atoms with Gasteiger partial charge in [0.1, 0.15) is 5.75 Å². The number of nitrogens with one attached hydrogen (secondary N) is 1. The molecule has 0 radical (unpaired) electrons. The number of piperazine rings is 1. The first-order valence-electron chi connectivity index (χ1n) is 6.52. The van der Waals surface area contributed by atoms with Gasteiger partial charge in [-0.1, -0.05) is 6.08 Å². The first-order chi connectivity index (χ1) is 9.86. The third-order valence-electron chi connectivity index (χ3n) is 3.54. The van der Waals surface area contributed by atoms with Crippen LogP contribution in [0.25, 0.3) is 0 Å². The number of hydrogen-bond acceptors (Lipinski definition) is 3. The van der Waals surface area contributed by atoms with E-state index >= 15 is 0 Å². The number of rotatable bonds is 3. The van der Waals surface area contributed by atoms with Crippen LogP contribution in [0, 0.1) is 0 Å². The standard InChI is InChI=1S/C14H16BrF3N2O.2ClH/c1-2-11(20-7-5-19-6-8-20)12-9(14(16,17)18)3-4-10(15)13(12)21;;/h2-4,11,19,21H,1,5-8H2;2*1H/t11-;;/m0../s1. The van der Waals surface area contributed by atoms with Crippen molar-refractivity contribution in [3.8, 4) is 5.75 Å². The van der Waals surface area contributed by atoms with Gasteiger partial charge in [0.15, 0.2) is 0 Å². The molecule has 2 N–H and O–H groups in total. The van der Waals surface area contributed by atoms with Crippen molar-refractivity contribution >= 4 is 40.7 Å². The molecule has 23 heavy (non-hydrogen) atoms. The van der Waals surface area contributed by atoms with Crippen molar-refractivity contribution in [1.29, 1.82) is 0 Å². The number of aromatic hydroxyl groups is 1. The fraction of sp³-hybridized carbons (Fsp3) is 0.429. The smallest absolute Gasteiger partial charge is 0.416 e. The molecule has 1 atom stereocenters. The van der Waals surface area contributed by atoms with E-state index in [0.29, 0.717) is 26.2 Å². The Bertz CT molecular complexity index is 537. The molecule has 0 bridgehead atoms. The average molecular weight is 438 g/mol. The van der Waals surface area contributed by atoms with E-state index in [1.54, 1.807) is 0 Å². The summed E-state index contributed by atoms with van der Waals surface area (Å²) in [4.78, 5) is 1.88. The van der Waals surface area contributed by atoms with E-state index in [1.807, 2.05) is 4.90 Å². The molecule has 1 heterocycles. The van der Waals surface area contributed by atoms with Crippen LogP contribution in [-0.2, 0) is 6.18 Å². The molecule has 0 amide bonds. The van der Waals surface area contributed by atoms with Gasteiger partial charge in [0, 0.05) is 31.7 Å². The van der Waals surface area contributed by atoms with Gasteiger partial charge in [0.25, 0.3) is 0 Å². The van der Waals surface area contributed by atoms with Crippen LogP contribution >= 0.6 is 40.7 Å². The predicted molar refractivity (Wildman–Crippen MR) is 92.7 cm³/mol. The van der Waals surface area contributed by atoms with Gasteiger partial charge in [0.05, 0.1) is 16.1 Å². The quantitative estimate of drug-likeness (QED) is 0.697. The molecule has 0 unspecified atom stereocenters. The van der Waals surface area contributed by atoms with Crippen molar-refractivity contribution < 1.29 is 18.3 Å². The molecule has 1 aromatic carbocycles. The molecule has 9 heteroatoms. The van der Waals surface area contributed by atoms with Crippen LogP contribution in [0.3, 0.4) is 0 Å². The summed E-state index contributed by atoms with van der Waals surface area (Å²) in [7, 11) is 0. The number of phenols is 1. The molecule has 1 aromatic rings. The molecule has 0 aliphatic carbocycles. The normalized spacial score (nSPS) is 16.9. The Morgan fingerprint density at radius 3 is 2.30 bits per heavy atom. The molecule has 1 aliphatic rings. The molecule has 0 saturated carbocycles. The number of halogens is 6. The highest BCUT2D eigenvalue weighted by molar-refractivity contribution is 9.10. The largest absolute Gasteiger partial charge is 0.506 e. The lowest BCUT2D eigenvalue weighted by molar-refractivity contribution is -0.138. The van der Waals surface area contributed by atoms with E-state index in [4.69, 9.17) is 0 Å². The van der Waals surface area contributed by atoms with Crippen LogP contribution in [0.1, 0.15) is 17.2 Å². The van der Waals surface area contributed by atoms with E-state index in [1.165, 1.54) is 12.1 Å². The summed E-state index contributed by atoms with van der Waals surface area (Å²) in [5, 5.41) is 13.3. The maximum absolute atomic E-state index is 13.2. The van der Waals surface area contributed by atoms with Gasteiger partial charge < -0.3 is 10.4 Å². The highest BCUT2D eigenvalue weighted by atomic mass is 79.9. The minimum atomic E-state index is -4.52. The summed E-state index contributed by atoms with van der Waals surface area (Å²) in [6.07, 6.45) is -3.08. The van der Waals surface area contributed by atoms with E-state index < -0.39 is 17.8 Å². The lowest BCUT2D eigenvalue weighted by atomic mass is 9.96. The van der Waals surface area contributed by atoms with E-state index in [-0.39, 0.29) is 40.6 Å². The second kappa shape index (κ2) is 9.13. The van der Waals surface area contributed by atoms with Crippen molar-refractivity contribution in [2.45, 2.75) is 12.2 Å². The van der Waals surface area contributed by atoms with Crippen LogP contribution in [0.4, 0.5) is 13.2 Å². The maximum Gasteiger partial charge on any atom is 0.416 e. The summed E-state index contributed by atoms with van der Waals surface area (Å²) in [6, 6.07) is 1.51. The first kappa shape index (κ1) is 22.5. The van der Waals surface area contributed by atoms with Crippen molar-refractivity contribution in [3.05, 3.63) is 40.4 Å². The Morgan fingerprint density at radius 1 is 1.26 bits per heavy atom. The van der Waals surface area contributed by atoms with Crippen molar-refractivity contribution in [1.82, 2.24) is 10.2 Å². The lowest BCUT2D eigenvalue weighted by Gasteiger charge is -2.35. The Labute approximate surface area is 153 Å². The Balaban J connectivity index is 0.00000242. The zero-order valence-electron chi connectivity index (χ0n) is 12.1. The van der Waals surface area contributed by atoms with Crippen molar-refractivity contribution in [2.24, 2.45) is 0 Å². The molecule has 0 aromatic heterocycles. The number of phenolic OH excluding ortho intramolecular Hbond substituents is 1. The molecule has 2 rings (SSSR count). The van der Waals surface area contributed by atoms with Gasteiger partial charge in [-0.2, -0.15) is 13.2 Å². The molecule has 3 nitrogen and oxygen atoms in total. The lowest BCUT2D eigenvalue weighted by Crippen LogP contribution is -2.45. The predicted octanol–water partition coefficient (Wildman–Crippen LogP) is 4.15. The van der Waals surface area contributed by atoms with E-state index in [2.05, 4.69) is 27.8 Å². The van der Waals surface area contributed by atoms with Gasteiger partial charge in [-0.3, -0.25) is 4.90 Å². The second-order valence-electron chi connectivity index (χ2n) is 4.82. The molecular formula is C14H18BrCl2F3N2O. The van der Waals surface area contributed by atoms with Gasteiger partial charge in [0.2, 0.25) is 0 Å². The second-order valence-corrected chi connectivity index (χ2v) is 5.68. The third kappa shape index (κ3) is 5.00. The summed E-state index contributed by atoms with van der Waals surface area (Å²) in [5.41, 5.74) is -0.972. The first-order valence-corrected chi connectivity index (χ1v) is 7.31. The molecule has 0 spiro atoms. The van der Waals surface area contributed by atoms with Crippen LogP contribution in [-0.4, -0.2) is 36.2 Å². The van der Waals surface area contributed by atoms with E-state index in [0.717, 1.165) is 6.07 Å². The number of benzene rings is 1. The van der Waals surface area contributed by atoms with Gasteiger partial charge in [-0.25, -0.2) is 0 Å². The van der Waals surface area contributed by atoms with Crippen LogP contribution in [0.15, 0.2) is 29.3 Å². The number of alkyl halides is 3. The molecule has 1 aliphatic heterocycles. The maximum atomic E-state index is 13.2. The van der Waals surface area contributed by atoms with Crippen LogP contribution < -0.4 is 5.32 Å². The average Bonchev–Trinajstić information content (AvgIpc) is 2.44. The topological polar surface area (TPSA) is 35.5 Å². The monoisotopic (exact) mass is 436 g/mol. The SMILES string of the molecule is C=C[C@@H](c1c(C(F)(F)F)ccc(Br)c1O)N1CCNCC1.Cl.Cl. The highest BCUT2D eigenvalue weighted by Gasteiger charge is 2.38. The Morgan fingerprint density at radius 2 is 1.83 bits per heavy atom. The molecule has 1 saturated heterocycles. The molecule has 1 fully saturated rings. The van der Waals surface area contributed by atoms with E-state index in [9.17, 15) is 18.3 Å².